The highest BCUT2D eigenvalue weighted by Crippen LogP contribution is 2.44. The van der Waals surface area contributed by atoms with Crippen molar-refractivity contribution in [2.24, 2.45) is 5.73 Å². The lowest BCUT2D eigenvalue weighted by Crippen LogP contribution is -2.21. The van der Waals surface area contributed by atoms with Gasteiger partial charge in [0.25, 0.3) is 5.69 Å². The van der Waals surface area contributed by atoms with Crippen LogP contribution < -0.4 is 19.9 Å². The summed E-state index contributed by atoms with van der Waals surface area (Å²) < 4.78 is 16.7. The minimum absolute atomic E-state index is 0.0544. The molecule has 4 rings (SSSR count). The zero-order valence-electron chi connectivity index (χ0n) is 18.3. The first-order valence-electron chi connectivity index (χ1n) is 10.4. The summed E-state index contributed by atoms with van der Waals surface area (Å²) in [6.45, 7) is 3.97. The maximum Gasteiger partial charge on any atom is 0.343 e. The number of nitrogens with two attached hydrogens (primary N) is 1. The molecule has 9 heteroatoms. The number of carbonyl (C=O) groups is 1. The molecule has 0 saturated carbocycles. The number of nitro groups is 1. The summed E-state index contributed by atoms with van der Waals surface area (Å²) >= 11 is 0. The predicted molar refractivity (Wildman–Crippen MR) is 126 cm³/mol. The third kappa shape index (κ3) is 4.82. The minimum atomic E-state index is -0.694. The third-order valence-electron chi connectivity index (χ3n) is 5.27. The number of carbonyl (C=O) groups excluding carboxylic acids is 1. The van der Waals surface area contributed by atoms with E-state index in [4.69, 9.17) is 19.9 Å². The molecule has 174 valence electrons. The zero-order chi connectivity index (χ0) is 24.9. The molecular weight excluding hydrogens is 450 g/mol. The van der Waals surface area contributed by atoms with E-state index in [0.29, 0.717) is 23.7 Å². The molecular formula is C26H19N3O6. The topological polar surface area (TPSA) is 138 Å². The molecule has 1 aliphatic rings. The molecule has 1 unspecified atom stereocenters. The Kier molecular flexibility index (Phi) is 6.46. The number of benzene rings is 3. The zero-order valence-corrected chi connectivity index (χ0v) is 18.3. The van der Waals surface area contributed by atoms with E-state index in [2.05, 4.69) is 12.6 Å². The van der Waals surface area contributed by atoms with Crippen molar-refractivity contribution >= 4 is 11.7 Å². The van der Waals surface area contributed by atoms with Crippen LogP contribution in [0.3, 0.4) is 0 Å². The Morgan fingerprint density at radius 3 is 2.63 bits per heavy atom. The number of nitro benzene ring substituents is 1. The summed E-state index contributed by atoms with van der Waals surface area (Å²) in [7, 11) is 0. The van der Waals surface area contributed by atoms with Gasteiger partial charge in [-0.05, 0) is 35.9 Å². The van der Waals surface area contributed by atoms with E-state index in [0.717, 1.165) is 5.56 Å². The molecule has 9 nitrogen and oxygen atoms in total. The van der Waals surface area contributed by atoms with Crippen molar-refractivity contribution in [1.29, 1.82) is 5.26 Å². The van der Waals surface area contributed by atoms with Gasteiger partial charge in [-0.2, -0.15) is 5.26 Å². The van der Waals surface area contributed by atoms with E-state index in [1.807, 2.05) is 18.2 Å². The molecule has 1 atom stereocenters. The highest BCUT2D eigenvalue weighted by molar-refractivity contribution is 5.91. The smallest absolute Gasteiger partial charge is 0.343 e. The number of hydrogen-bond donors (Lipinski definition) is 1. The molecule has 0 saturated heterocycles. The number of nitriles is 1. The molecule has 0 aliphatic carbocycles. The number of fused-ring (bicyclic) bond motifs is 1. The first-order chi connectivity index (χ1) is 16.9. The van der Waals surface area contributed by atoms with Crippen LogP contribution in [-0.4, -0.2) is 17.5 Å². The molecule has 35 heavy (non-hydrogen) atoms. The van der Waals surface area contributed by atoms with Gasteiger partial charge in [-0.3, -0.25) is 10.1 Å². The highest BCUT2D eigenvalue weighted by atomic mass is 16.6. The van der Waals surface area contributed by atoms with Gasteiger partial charge in [0.2, 0.25) is 5.88 Å². The van der Waals surface area contributed by atoms with Crippen LogP contribution in [-0.2, 0) is 0 Å². The highest BCUT2D eigenvalue weighted by Gasteiger charge is 2.31. The molecule has 3 aromatic rings. The molecule has 2 N–H and O–H groups in total. The molecule has 0 radical (unpaired) electrons. The quantitative estimate of drug-likeness (QED) is 0.174. The Labute approximate surface area is 200 Å². The van der Waals surface area contributed by atoms with E-state index >= 15 is 0 Å². The van der Waals surface area contributed by atoms with Gasteiger partial charge in [-0.25, -0.2) is 4.79 Å². The van der Waals surface area contributed by atoms with Crippen LogP contribution in [0.15, 0.2) is 90.8 Å². The fourth-order valence-electron chi connectivity index (χ4n) is 3.67. The van der Waals surface area contributed by atoms with Crippen LogP contribution in [0.25, 0.3) is 0 Å². The summed E-state index contributed by atoms with van der Waals surface area (Å²) in [4.78, 5) is 22.8. The normalized spacial score (nSPS) is 14.2. The Bertz CT molecular complexity index is 1390. The van der Waals surface area contributed by atoms with E-state index < -0.39 is 16.8 Å². The van der Waals surface area contributed by atoms with Crippen LogP contribution in [0.1, 0.15) is 27.4 Å². The standard InChI is InChI=1S/C26H19N3O6/c1-2-12-33-19-5-3-4-17(13-19)24-21-11-10-20(14-23(21)35-25(28)22(24)15-27)34-26(30)16-6-8-18(9-7-16)29(31)32/h2-11,13-14,24H,1,12,28H2. The molecule has 1 aliphatic heterocycles. The largest absolute Gasteiger partial charge is 0.490 e. The lowest BCUT2D eigenvalue weighted by molar-refractivity contribution is -0.384. The number of esters is 1. The fourth-order valence-corrected chi connectivity index (χ4v) is 3.67. The number of rotatable bonds is 7. The third-order valence-corrected chi connectivity index (χ3v) is 5.27. The van der Waals surface area contributed by atoms with Gasteiger partial charge in [-0.15, -0.1) is 0 Å². The van der Waals surface area contributed by atoms with E-state index in [1.54, 1.807) is 24.3 Å². The Morgan fingerprint density at radius 2 is 1.94 bits per heavy atom. The van der Waals surface area contributed by atoms with Crippen molar-refractivity contribution in [3.05, 3.63) is 118 Å². The number of non-ortho nitro benzene ring substituents is 1. The second-order valence-corrected chi connectivity index (χ2v) is 7.49. The molecule has 1 heterocycles. The van der Waals surface area contributed by atoms with Gasteiger partial charge in [-0.1, -0.05) is 30.9 Å². The first-order valence-corrected chi connectivity index (χ1v) is 10.4. The fraction of sp³-hybridized carbons (Fsp3) is 0.0769. The van der Waals surface area contributed by atoms with Crippen LogP contribution in [0, 0.1) is 21.4 Å². The number of allylic oxidation sites excluding steroid dienone is 1. The van der Waals surface area contributed by atoms with Crippen molar-refractivity contribution < 1.29 is 23.9 Å². The maximum atomic E-state index is 12.5. The van der Waals surface area contributed by atoms with Gasteiger partial charge in [0.05, 0.1) is 16.4 Å². The molecule has 0 aromatic heterocycles. The van der Waals surface area contributed by atoms with Gasteiger partial charge >= 0.3 is 5.97 Å². The maximum absolute atomic E-state index is 12.5. The van der Waals surface area contributed by atoms with Gasteiger partial charge in [0.1, 0.15) is 35.5 Å². The monoisotopic (exact) mass is 469 g/mol. The SMILES string of the molecule is C=CCOc1cccc(C2C(C#N)=C(N)Oc3cc(OC(=O)c4ccc([N+](=O)[O-])cc4)ccc32)c1. The number of ether oxygens (including phenoxy) is 3. The van der Waals surface area contributed by atoms with Crippen LogP contribution in [0.2, 0.25) is 0 Å². The van der Waals surface area contributed by atoms with Crippen molar-refractivity contribution in [3.63, 3.8) is 0 Å². The van der Waals surface area contributed by atoms with Crippen LogP contribution >= 0.6 is 0 Å². The van der Waals surface area contributed by atoms with Gasteiger partial charge in [0, 0.05) is 23.8 Å². The summed E-state index contributed by atoms with van der Waals surface area (Å²) in [5.41, 5.74) is 7.74. The van der Waals surface area contributed by atoms with Crippen molar-refractivity contribution in [2.75, 3.05) is 6.61 Å². The van der Waals surface area contributed by atoms with Crippen molar-refractivity contribution in [1.82, 2.24) is 0 Å². The van der Waals surface area contributed by atoms with Gasteiger partial charge < -0.3 is 19.9 Å². The van der Waals surface area contributed by atoms with E-state index in [-0.39, 0.29) is 28.5 Å². The average molecular weight is 469 g/mol. The predicted octanol–water partition coefficient (Wildman–Crippen LogP) is 4.60. The Hall–Kier alpha value is -5.10. The molecule has 0 amide bonds. The molecule has 0 spiro atoms. The Balaban J connectivity index is 1.64. The second-order valence-electron chi connectivity index (χ2n) is 7.49. The average Bonchev–Trinajstić information content (AvgIpc) is 2.86. The Morgan fingerprint density at radius 1 is 1.17 bits per heavy atom. The first kappa shape index (κ1) is 23.1. The number of hydrogen-bond acceptors (Lipinski definition) is 8. The molecule has 0 fully saturated rings. The number of nitrogens with zero attached hydrogens (tertiary/aromatic N) is 2. The second kappa shape index (κ2) is 9.80. The molecule has 0 bridgehead atoms. The molecule has 3 aromatic carbocycles. The summed E-state index contributed by atoms with van der Waals surface area (Å²) in [6, 6.07) is 19.3. The van der Waals surface area contributed by atoms with Crippen molar-refractivity contribution in [2.45, 2.75) is 5.92 Å². The van der Waals surface area contributed by atoms with E-state index in [9.17, 15) is 20.2 Å². The van der Waals surface area contributed by atoms with Gasteiger partial charge in [0.15, 0.2) is 0 Å². The van der Waals surface area contributed by atoms with E-state index in [1.165, 1.54) is 30.3 Å². The minimum Gasteiger partial charge on any atom is -0.490 e. The summed E-state index contributed by atoms with van der Waals surface area (Å²) in [5, 5.41) is 20.6. The van der Waals surface area contributed by atoms with Crippen molar-refractivity contribution in [3.8, 4) is 23.3 Å². The lowest BCUT2D eigenvalue weighted by atomic mass is 9.83. The lowest BCUT2D eigenvalue weighted by Gasteiger charge is -2.27. The van der Waals surface area contributed by atoms with Crippen LogP contribution in [0.4, 0.5) is 5.69 Å². The van der Waals surface area contributed by atoms with Crippen LogP contribution in [0.5, 0.6) is 17.2 Å². The summed E-state index contributed by atoms with van der Waals surface area (Å²) in [6.07, 6.45) is 1.63. The summed E-state index contributed by atoms with van der Waals surface area (Å²) in [5.74, 6) is -0.141.